The third kappa shape index (κ3) is 3.38. The Bertz CT molecular complexity index is 530. The minimum atomic E-state index is -3.39. The summed E-state index contributed by atoms with van der Waals surface area (Å²) in [4.78, 5) is 0. The summed E-state index contributed by atoms with van der Waals surface area (Å²) in [6.45, 7) is 1.37. The number of nitrogens with one attached hydrogen (secondary N) is 2. The number of benzene rings is 1. The van der Waals surface area contributed by atoms with Crippen molar-refractivity contribution in [2.24, 2.45) is 0 Å². The summed E-state index contributed by atoms with van der Waals surface area (Å²) in [6, 6.07) is 5.08. The Labute approximate surface area is 120 Å². The van der Waals surface area contributed by atoms with Crippen LogP contribution in [-0.2, 0) is 10.0 Å². The van der Waals surface area contributed by atoms with Gasteiger partial charge in [0.15, 0.2) is 0 Å². The number of rotatable bonds is 3. The second-order valence-electron chi connectivity index (χ2n) is 4.24. The van der Waals surface area contributed by atoms with Crippen LogP contribution in [0.5, 0.6) is 0 Å². The second-order valence-corrected chi connectivity index (χ2v) is 7.52. The molecule has 0 amide bonds. The minimum absolute atomic E-state index is 0.394. The third-order valence-electron chi connectivity index (χ3n) is 2.87. The Hall–Kier alpha value is -0.300. The van der Waals surface area contributed by atoms with Crippen molar-refractivity contribution in [3.63, 3.8) is 0 Å². The molecule has 1 heterocycles. The predicted molar refractivity (Wildman–Crippen MR) is 77.6 cm³/mol. The van der Waals surface area contributed by atoms with Crippen LogP contribution in [0.4, 0.5) is 5.69 Å². The molecule has 1 unspecified atom stereocenters. The highest BCUT2D eigenvalue weighted by atomic mass is 79.9. The first kappa shape index (κ1) is 14.1. The maximum absolute atomic E-state index is 12.2. The van der Waals surface area contributed by atoms with Gasteiger partial charge in [-0.05, 0) is 37.6 Å². The van der Waals surface area contributed by atoms with Gasteiger partial charge in [-0.15, -0.1) is 0 Å². The van der Waals surface area contributed by atoms with E-state index in [2.05, 4.69) is 26.0 Å². The highest BCUT2D eigenvalue weighted by Crippen LogP contribution is 2.27. The van der Waals surface area contributed by atoms with Crippen molar-refractivity contribution < 1.29 is 8.42 Å². The summed E-state index contributed by atoms with van der Waals surface area (Å²) < 4.78 is 27.7. The molecule has 4 nitrogen and oxygen atoms in total. The SMILES string of the molecule is O=S(=O)(Nc1cc(Br)ccc1Cl)C1CCCNC1. The van der Waals surface area contributed by atoms with E-state index < -0.39 is 15.3 Å². The van der Waals surface area contributed by atoms with E-state index in [1.54, 1.807) is 18.2 Å². The maximum atomic E-state index is 12.2. The Balaban J connectivity index is 2.18. The van der Waals surface area contributed by atoms with Crippen LogP contribution in [0.1, 0.15) is 12.8 Å². The number of halogens is 2. The van der Waals surface area contributed by atoms with Gasteiger partial charge in [-0.2, -0.15) is 0 Å². The van der Waals surface area contributed by atoms with Gasteiger partial charge in [0.25, 0.3) is 0 Å². The zero-order valence-corrected chi connectivity index (χ0v) is 12.8. The Morgan fingerprint density at radius 3 is 2.89 bits per heavy atom. The quantitative estimate of drug-likeness (QED) is 0.878. The van der Waals surface area contributed by atoms with Gasteiger partial charge in [-0.3, -0.25) is 4.72 Å². The molecule has 0 aliphatic carbocycles. The molecule has 0 radical (unpaired) electrons. The Morgan fingerprint density at radius 2 is 2.22 bits per heavy atom. The zero-order chi connectivity index (χ0) is 13.2. The number of hydrogen-bond donors (Lipinski definition) is 2. The average molecular weight is 354 g/mol. The normalized spacial score (nSPS) is 20.7. The van der Waals surface area contributed by atoms with Gasteiger partial charge < -0.3 is 5.32 Å². The predicted octanol–water partition coefficient (Wildman–Crippen LogP) is 2.60. The first-order valence-electron chi connectivity index (χ1n) is 5.66. The zero-order valence-electron chi connectivity index (χ0n) is 9.62. The van der Waals surface area contributed by atoms with Crippen LogP contribution in [0, 0.1) is 0 Å². The standard InChI is InChI=1S/C11H14BrClN2O2S/c12-8-3-4-10(13)11(6-8)15-18(16,17)9-2-1-5-14-7-9/h3-4,6,9,14-15H,1-2,5,7H2. The Morgan fingerprint density at radius 1 is 1.44 bits per heavy atom. The van der Waals surface area contributed by atoms with Crippen molar-refractivity contribution in [3.8, 4) is 0 Å². The molecule has 2 N–H and O–H groups in total. The van der Waals surface area contributed by atoms with Gasteiger partial charge in [-0.25, -0.2) is 8.42 Å². The van der Waals surface area contributed by atoms with E-state index in [9.17, 15) is 8.42 Å². The van der Waals surface area contributed by atoms with Gasteiger partial charge in [0.05, 0.1) is 16.0 Å². The molecule has 7 heteroatoms. The van der Waals surface area contributed by atoms with Crippen LogP contribution in [0.3, 0.4) is 0 Å². The lowest BCUT2D eigenvalue weighted by Gasteiger charge is -2.23. The van der Waals surface area contributed by atoms with Crippen molar-refractivity contribution >= 4 is 43.2 Å². The maximum Gasteiger partial charge on any atom is 0.236 e. The molecular weight excluding hydrogens is 340 g/mol. The molecule has 0 aromatic heterocycles. The van der Waals surface area contributed by atoms with E-state index >= 15 is 0 Å². The van der Waals surface area contributed by atoms with Crippen molar-refractivity contribution in [2.45, 2.75) is 18.1 Å². The van der Waals surface area contributed by atoms with Crippen LogP contribution in [0.25, 0.3) is 0 Å². The van der Waals surface area contributed by atoms with E-state index in [1.165, 1.54) is 0 Å². The molecule has 100 valence electrons. The van der Waals surface area contributed by atoms with Gasteiger partial charge in [-0.1, -0.05) is 27.5 Å². The summed E-state index contributed by atoms with van der Waals surface area (Å²) in [7, 11) is -3.39. The van der Waals surface area contributed by atoms with Gasteiger partial charge in [0.2, 0.25) is 10.0 Å². The van der Waals surface area contributed by atoms with E-state index in [1.807, 2.05) is 0 Å². The van der Waals surface area contributed by atoms with E-state index in [0.29, 0.717) is 23.7 Å². The molecule has 1 atom stereocenters. The lowest BCUT2D eigenvalue weighted by atomic mass is 10.2. The monoisotopic (exact) mass is 352 g/mol. The molecule has 1 aromatic rings. The van der Waals surface area contributed by atoms with Crippen LogP contribution in [-0.4, -0.2) is 26.8 Å². The average Bonchev–Trinajstić information content (AvgIpc) is 2.35. The highest BCUT2D eigenvalue weighted by Gasteiger charge is 2.27. The molecule has 1 aliphatic rings. The number of hydrogen-bond acceptors (Lipinski definition) is 3. The molecule has 1 saturated heterocycles. The summed E-state index contributed by atoms with van der Waals surface area (Å²) in [5.74, 6) is 0. The minimum Gasteiger partial charge on any atom is -0.315 e. The topological polar surface area (TPSA) is 58.2 Å². The fourth-order valence-electron chi connectivity index (χ4n) is 1.90. The van der Waals surface area contributed by atoms with Crippen LogP contribution in [0.2, 0.25) is 5.02 Å². The van der Waals surface area contributed by atoms with Gasteiger partial charge in [0, 0.05) is 11.0 Å². The lowest BCUT2D eigenvalue weighted by molar-refractivity contribution is 0.499. The molecule has 1 aliphatic heterocycles. The largest absolute Gasteiger partial charge is 0.315 e. The third-order valence-corrected chi connectivity index (χ3v) is 5.48. The van der Waals surface area contributed by atoms with E-state index in [0.717, 1.165) is 17.4 Å². The molecule has 1 aromatic carbocycles. The summed E-state index contributed by atoms with van der Waals surface area (Å²) in [5.41, 5.74) is 0.414. The molecule has 2 rings (SSSR count). The second kappa shape index (κ2) is 5.77. The molecule has 18 heavy (non-hydrogen) atoms. The summed E-state index contributed by atoms with van der Waals surface area (Å²) >= 11 is 9.27. The van der Waals surface area contributed by atoms with Crippen molar-refractivity contribution in [3.05, 3.63) is 27.7 Å². The van der Waals surface area contributed by atoms with Crippen molar-refractivity contribution in [2.75, 3.05) is 17.8 Å². The first-order chi connectivity index (χ1) is 8.49. The van der Waals surface area contributed by atoms with Crippen LogP contribution < -0.4 is 10.0 Å². The molecule has 1 fully saturated rings. The molecule has 0 spiro atoms. The lowest BCUT2D eigenvalue weighted by Crippen LogP contribution is -2.41. The van der Waals surface area contributed by atoms with Gasteiger partial charge >= 0.3 is 0 Å². The van der Waals surface area contributed by atoms with E-state index in [-0.39, 0.29) is 0 Å². The van der Waals surface area contributed by atoms with Crippen molar-refractivity contribution in [1.82, 2.24) is 5.32 Å². The number of anilines is 1. The fraction of sp³-hybridized carbons (Fsp3) is 0.455. The molecule has 0 saturated carbocycles. The summed E-state index contributed by atoms with van der Waals surface area (Å²) in [6.07, 6.45) is 1.55. The van der Waals surface area contributed by atoms with E-state index in [4.69, 9.17) is 11.6 Å². The summed E-state index contributed by atoms with van der Waals surface area (Å²) in [5, 5.41) is 3.08. The number of piperidine rings is 1. The number of sulfonamides is 1. The smallest absolute Gasteiger partial charge is 0.236 e. The van der Waals surface area contributed by atoms with Crippen LogP contribution >= 0.6 is 27.5 Å². The van der Waals surface area contributed by atoms with Crippen LogP contribution in [0.15, 0.2) is 22.7 Å². The highest BCUT2D eigenvalue weighted by molar-refractivity contribution is 9.10. The van der Waals surface area contributed by atoms with Gasteiger partial charge in [0.1, 0.15) is 0 Å². The van der Waals surface area contributed by atoms with Crippen molar-refractivity contribution in [1.29, 1.82) is 0 Å². The molecular formula is C11H14BrClN2O2S. The molecule has 0 bridgehead atoms. The first-order valence-corrected chi connectivity index (χ1v) is 8.38. The fourth-order valence-corrected chi connectivity index (χ4v) is 3.94. The Kier molecular flexibility index (Phi) is 4.53.